The lowest BCUT2D eigenvalue weighted by molar-refractivity contribution is 0.197. The molecule has 2 heterocycles. The number of methoxy groups -OCH3 is 1. The second-order valence-electron chi connectivity index (χ2n) is 3.84. The van der Waals surface area contributed by atoms with Gasteiger partial charge in [-0.3, -0.25) is 0 Å². The van der Waals surface area contributed by atoms with Gasteiger partial charge in [0.2, 0.25) is 5.95 Å². The molecule has 0 radical (unpaired) electrons. The van der Waals surface area contributed by atoms with Gasteiger partial charge >= 0.3 is 0 Å². The van der Waals surface area contributed by atoms with Gasteiger partial charge in [-0.15, -0.1) is 11.3 Å². The van der Waals surface area contributed by atoms with Crippen LogP contribution in [0.3, 0.4) is 0 Å². The van der Waals surface area contributed by atoms with E-state index in [2.05, 4.69) is 42.2 Å². The van der Waals surface area contributed by atoms with Crippen LogP contribution in [0.25, 0.3) is 0 Å². The number of thiophene rings is 1. The smallest absolute Gasteiger partial charge is 0.203 e. The van der Waals surface area contributed by atoms with E-state index in [1.165, 1.54) is 4.88 Å². The molecule has 2 rings (SSSR count). The van der Waals surface area contributed by atoms with E-state index in [9.17, 15) is 0 Å². The molecule has 0 amide bonds. The first-order valence-corrected chi connectivity index (χ1v) is 7.44. The number of imidazole rings is 1. The summed E-state index contributed by atoms with van der Waals surface area (Å²) in [5, 5.41) is 5.41. The zero-order valence-corrected chi connectivity index (χ0v) is 12.6. The lowest BCUT2D eigenvalue weighted by Crippen LogP contribution is -2.10. The van der Waals surface area contributed by atoms with Crippen LogP contribution < -0.4 is 5.32 Å². The fourth-order valence-corrected chi connectivity index (χ4v) is 3.09. The van der Waals surface area contributed by atoms with Gasteiger partial charge in [-0.05, 0) is 33.8 Å². The van der Waals surface area contributed by atoms with Crippen molar-refractivity contribution in [3.05, 3.63) is 33.2 Å². The summed E-state index contributed by atoms with van der Waals surface area (Å²) in [6.07, 6.45) is 4.79. The van der Waals surface area contributed by atoms with Crippen LogP contribution in [0.4, 0.5) is 5.95 Å². The topological polar surface area (TPSA) is 39.1 Å². The average Bonchev–Trinajstić information content (AvgIpc) is 2.96. The monoisotopic (exact) mass is 329 g/mol. The minimum Gasteiger partial charge on any atom is -0.385 e. The van der Waals surface area contributed by atoms with Crippen LogP contribution in [0.2, 0.25) is 0 Å². The van der Waals surface area contributed by atoms with E-state index in [0.717, 1.165) is 36.5 Å². The minimum atomic E-state index is 0.768. The van der Waals surface area contributed by atoms with E-state index in [4.69, 9.17) is 4.74 Å². The predicted octanol–water partition coefficient (Wildman–Crippen LogP) is 3.20. The Morgan fingerprint density at radius 1 is 1.56 bits per heavy atom. The van der Waals surface area contributed by atoms with E-state index < -0.39 is 0 Å². The van der Waals surface area contributed by atoms with Crippen molar-refractivity contribution >= 4 is 33.2 Å². The Kier molecular flexibility index (Phi) is 5.22. The van der Waals surface area contributed by atoms with Gasteiger partial charge in [0.15, 0.2) is 0 Å². The molecule has 0 saturated carbocycles. The molecule has 18 heavy (non-hydrogen) atoms. The molecule has 0 atom stereocenters. The highest BCUT2D eigenvalue weighted by Crippen LogP contribution is 2.24. The molecule has 1 N–H and O–H groups in total. The number of halogens is 1. The van der Waals surface area contributed by atoms with Gasteiger partial charge in [-0.1, -0.05) is 0 Å². The molecular weight excluding hydrogens is 314 g/mol. The number of hydrogen-bond acceptors (Lipinski definition) is 4. The maximum absolute atomic E-state index is 5.02. The van der Waals surface area contributed by atoms with Crippen LogP contribution in [0, 0.1) is 0 Å². The SMILES string of the molecule is COCCCNc1nccn1Cc1sccc1Br. The molecule has 0 unspecified atom stereocenters. The number of anilines is 1. The fraction of sp³-hybridized carbons (Fsp3) is 0.417. The van der Waals surface area contributed by atoms with Crippen molar-refractivity contribution in [3.63, 3.8) is 0 Å². The molecule has 0 aliphatic rings. The lowest BCUT2D eigenvalue weighted by Gasteiger charge is -2.09. The summed E-state index contributed by atoms with van der Waals surface area (Å²) in [6.45, 7) is 2.48. The summed E-state index contributed by atoms with van der Waals surface area (Å²) >= 11 is 5.29. The molecule has 2 aromatic heterocycles. The standard InChI is InChI=1S/C12H16BrN3OS/c1-17-7-2-4-14-12-15-5-6-16(12)9-11-10(13)3-8-18-11/h3,5-6,8H,2,4,7,9H2,1H3,(H,14,15). The van der Waals surface area contributed by atoms with E-state index in [1.807, 2.05) is 12.4 Å². The molecular formula is C12H16BrN3OS. The molecule has 0 aliphatic carbocycles. The highest BCUT2D eigenvalue weighted by molar-refractivity contribution is 9.10. The third kappa shape index (κ3) is 3.57. The van der Waals surface area contributed by atoms with Crippen molar-refractivity contribution in [2.24, 2.45) is 0 Å². The Balaban J connectivity index is 1.93. The summed E-state index contributed by atoms with van der Waals surface area (Å²) in [6, 6.07) is 2.07. The zero-order valence-electron chi connectivity index (χ0n) is 10.2. The highest BCUT2D eigenvalue weighted by Gasteiger charge is 2.06. The fourth-order valence-electron chi connectivity index (χ4n) is 1.61. The van der Waals surface area contributed by atoms with Gasteiger partial charge in [0.25, 0.3) is 0 Å². The molecule has 98 valence electrons. The van der Waals surface area contributed by atoms with Gasteiger partial charge in [0.1, 0.15) is 0 Å². The van der Waals surface area contributed by atoms with E-state index in [0.29, 0.717) is 0 Å². The van der Waals surface area contributed by atoms with Crippen LogP contribution >= 0.6 is 27.3 Å². The van der Waals surface area contributed by atoms with Crippen LogP contribution in [0.15, 0.2) is 28.3 Å². The third-order valence-corrected chi connectivity index (χ3v) is 4.44. The summed E-state index contributed by atoms with van der Waals surface area (Å²) < 4.78 is 8.29. The molecule has 4 nitrogen and oxygen atoms in total. The summed E-state index contributed by atoms with van der Waals surface area (Å²) in [7, 11) is 1.72. The molecule has 2 aromatic rings. The molecule has 0 bridgehead atoms. The van der Waals surface area contributed by atoms with Crippen LogP contribution in [0.1, 0.15) is 11.3 Å². The number of ether oxygens (including phenoxy) is 1. The average molecular weight is 330 g/mol. The van der Waals surface area contributed by atoms with Crippen molar-refractivity contribution in [2.75, 3.05) is 25.6 Å². The normalized spacial score (nSPS) is 10.8. The maximum atomic E-state index is 5.02. The van der Waals surface area contributed by atoms with Gasteiger partial charge in [-0.2, -0.15) is 0 Å². The lowest BCUT2D eigenvalue weighted by atomic mass is 10.4. The van der Waals surface area contributed by atoms with Crippen molar-refractivity contribution in [3.8, 4) is 0 Å². The molecule has 0 aromatic carbocycles. The first kappa shape index (κ1) is 13.6. The second kappa shape index (κ2) is 6.92. The molecule has 0 saturated heterocycles. The molecule has 0 fully saturated rings. The number of nitrogens with one attached hydrogen (secondary N) is 1. The highest BCUT2D eigenvalue weighted by atomic mass is 79.9. The zero-order chi connectivity index (χ0) is 12.8. The van der Waals surface area contributed by atoms with E-state index >= 15 is 0 Å². The maximum Gasteiger partial charge on any atom is 0.203 e. The minimum absolute atomic E-state index is 0.768. The second-order valence-corrected chi connectivity index (χ2v) is 5.70. The first-order chi connectivity index (χ1) is 8.81. The van der Waals surface area contributed by atoms with Gasteiger partial charge < -0.3 is 14.6 Å². The van der Waals surface area contributed by atoms with E-state index in [-0.39, 0.29) is 0 Å². The van der Waals surface area contributed by atoms with Crippen molar-refractivity contribution < 1.29 is 4.74 Å². The first-order valence-electron chi connectivity index (χ1n) is 5.77. The molecule has 0 aliphatic heterocycles. The Hall–Kier alpha value is -0.850. The number of hydrogen-bond donors (Lipinski definition) is 1. The van der Waals surface area contributed by atoms with E-state index in [1.54, 1.807) is 18.4 Å². The molecule has 0 spiro atoms. The number of rotatable bonds is 7. The van der Waals surface area contributed by atoms with Crippen LogP contribution in [0.5, 0.6) is 0 Å². The Morgan fingerprint density at radius 2 is 2.44 bits per heavy atom. The van der Waals surface area contributed by atoms with Crippen LogP contribution in [-0.2, 0) is 11.3 Å². The van der Waals surface area contributed by atoms with Gasteiger partial charge in [0, 0.05) is 42.0 Å². The quantitative estimate of drug-likeness (QED) is 0.793. The Labute approximate surface area is 119 Å². The molecule has 6 heteroatoms. The summed E-state index contributed by atoms with van der Waals surface area (Å²) in [5.74, 6) is 0.909. The van der Waals surface area contributed by atoms with Crippen molar-refractivity contribution in [1.29, 1.82) is 0 Å². The Morgan fingerprint density at radius 3 is 3.17 bits per heavy atom. The van der Waals surface area contributed by atoms with Crippen molar-refractivity contribution in [2.45, 2.75) is 13.0 Å². The van der Waals surface area contributed by atoms with Crippen LogP contribution in [-0.4, -0.2) is 29.8 Å². The van der Waals surface area contributed by atoms with Gasteiger partial charge in [0.05, 0.1) is 6.54 Å². The number of aromatic nitrogens is 2. The predicted molar refractivity (Wildman–Crippen MR) is 78.3 cm³/mol. The summed E-state index contributed by atoms with van der Waals surface area (Å²) in [4.78, 5) is 5.62. The Bertz CT molecular complexity index is 483. The third-order valence-electron chi connectivity index (χ3n) is 2.53. The van der Waals surface area contributed by atoms with Crippen molar-refractivity contribution in [1.82, 2.24) is 9.55 Å². The number of nitrogens with zero attached hydrogens (tertiary/aromatic N) is 2. The van der Waals surface area contributed by atoms with Gasteiger partial charge in [-0.25, -0.2) is 4.98 Å². The largest absolute Gasteiger partial charge is 0.385 e. The summed E-state index contributed by atoms with van der Waals surface area (Å²) in [5.41, 5.74) is 0.